The number of ether oxygens (including phenoxy) is 1. The van der Waals surface area contributed by atoms with E-state index in [-0.39, 0.29) is 33.4 Å². The van der Waals surface area contributed by atoms with Gasteiger partial charge in [-0.25, -0.2) is 4.79 Å². The van der Waals surface area contributed by atoms with Gasteiger partial charge in [0.15, 0.2) is 0 Å². The number of imide groups is 1. The fourth-order valence-corrected chi connectivity index (χ4v) is 5.53. The predicted molar refractivity (Wildman–Crippen MR) is 171 cm³/mol. The summed E-state index contributed by atoms with van der Waals surface area (Å²) in [6.45, 7) is 6.58. The zero-order valence-electron chi connectivity index (χ0n) is 24.9. The number of fused-ring (bicyclic) bond motifs is 2. The Kier molecular flexibility index (Phi) is 8.38. The lowest BCUT2D eigenvalue weighted by Gasteiger charge is -2.29. The van der Waals surface area contributed by atoms with Gasteiger partial charge in [0.05, 0.1) is 39.6 Å². The second kappa shape index (κ2) is 11.9. The summed E-state index contributed by atoms with van der Waals surface area (Å²) in [5.41, 5.74) is 2.20. The van der Waals surface area contributed by atoms with E-state index in [1.807, 2.05) is 31.2 Å². The Hall–Kier alpha value is -4.47. The van der Waals surface area contributed by atoms with Crippen molar-refractivity contribution in [2.75, 3.05) is 23.4 Å². The third-order valence-corrected chi connectivity index (χ3v) is 7.91. The normalized spacial score (nSPS) is 12.8. The fraction of sp³-hybridized carbons (Fsp3) is 0.242. The first-order valence-corrected chi connectivity index (χ1v) is 14.6. The molecular formula is C33H30Cl2N4O5. The number of anilines is 2. The standard InChI is InChI=1S/C33H30Cl2N4O5/c1-19-13-14-20-9-8-12-26(29(20)36-19)38(32(43)44-33(2,3)4)17-23-24(34)15-16-25(28(23)35)37(5)27(40)18-39-30(41)21-10-6-7-11-22(21)31(39)42/h6-16H,17-18H2,1-5H3. The van der Waals surface area contributed by atoms with E-state index in [2.05, 4.69) is 4.98 Å². The van der Waals surface area contributed by atoms with Crippen LogP contribution in [0.4, 0.5) is 16.2 Å². The van der Waals surface area contributed by atoms with E-state index >= 15 is 0 Å². The molecule has 0 aliphatic carbocycles. The van der Waals surface area contributed by atoms with Crippen molar-refractivity contribution in [3.05, 3.63) is 99.2 Å². The lowest BCUT2D eigenvalue weighted by atomic mass is 10.1. The number of aryl methyl sites for hydroxylation is 1. The third kappa shape index (κ3) is 5.98. The molecular weight excluding hydrogens is 603 g/mol. The number of rotatable bonds is 6. The highest BCUT2D eigenvalue weighted by Gasteiger charge is 2.37. The third-order valence-electron chi connectivity index (χ3n) is 7.13. The van der Waals surface area contributed by atoms with Crippen LogP contribution in [0, 0.1) is 6.92 Å². The van der Waals surface area contributed by atoms with Crippen molar-refractivity contribution < 1.29 is 23.9 Å². The SMILES string of the molecule is Cc1ccc2cccc(N(Cc3c(Cl)ccc(N(C)C(=O)CN4C(=O)c5ccccc5C4=O)c3Cl)C(=O)OC(C)(C)C)c2n1. The van der Waals surface area contributed by atoms with E-state index in [1.54, 1.807) is 63.2 Å². The molecule has 1 aromatic heterocycles. The molecule has 4 amide bonds. The van der Waals surface area contributed by atoms with E-state index in [9.17, 15) is 19.2 Å². The van der Waals surface area contributed by atoms with E-state index < -0.39 is 36.0 Å². The zero-order valence-corrected chi connectivity index (χ0v) is 26.4. The van der Waals surface area contributed by atoms with Crippen LogP contribution in [0.1, 0.15) is 52.7 Å². The van der Waals surface area contributed by atoms with Crippen LogP contribution in [0.2, 0.25) is 10.0 Å². The Morgan fingerprint density at radius 1 is 0.886 bits per heavy atom. The number of para-hydroxylation sites is 1. The number of hydrogen-bond donors (Lipinski definition) is 0. The van der Waals surface area contributed by atoms with Gasteiger partial charge in [-0.05, 0) is 64.1 Å². The van der Waals surface area contributed by atoms with Crippen LogP contribution in [0.25, 0.3) is 10.9 Å². The number of halogens is 2. The summed E-state index contributed by atoms with van der Waals surface area (Å²) in [5, 5.41) is 1.21. The van der Waals surface area contributed by atoms with Crippen LogP contribution in [-0.2, 0) is 16.1 Å². The van der Waals surface area contributed by atoms with Gasteiger partial charge in [0, 0.05) is 28.7 Å². The molecule has 4 aromatic rings. The average Bonchev–Trinajstić information content (AvgIpc) is 3.20. The number of hydrogen-bond acceptors (Lipinski definition) is 6. The zero-order chi connectivity index (χ0) is 31.9. The molecule has 2 heterocycles. The molecule has 0 N–H and O–H groups in total. The molecule has 9 nitrogen and oxygen atoms in total. The summed E-state index contributed by atoms with van der Waals surface area (Å²) in [7, 11) is 1.49. The van der Waals surface area contributed by atoms with Crippen LogP contribution >= 0.6 is 23.2 Å². The Bertz CT molecular complexity index is 1800. The highest BCUT2D eigenvalue weighted by atomic mass is 35.5. The van der Waals surface area contributed by atoms with Gasteiger partial charge in [0.25, 0.3) is 11.8 Å². The Balaban J connectivity index is 1.48. The summed E-state index contributed by atoms with van der Waals surface area (Å²) >= 11 is 13.5. The van der Waals surface area contributed by atoms with Crippen LogP contribution in [0.15, 0.2) is 66.7 Å². The second-order valence-corrected chi connectivity index (χ2v) is 12.2. The average molecular weight is 634 g/mol. The molecule has 0 radical (unpaired) electrons. The molecule has 0 bridgehead atoms. The highest BCUT2D eigenvalue weighted by molar-refractivity contribution is 6.38. The van der Waals surface area contributed by atoms with Gasteiger partial charge >= 0.3 is 6.09 Å². The van der Waals surface area contributed by atoms with Gasteiger partial charge in [-0.1, -0.05) is 53.5 Å². The molecule has 0 fully saturated rings. The highest BCUT2D eigenvalue weighted by Crippen LogP contribution is 2.37. The number of carbonyl (C=O) groups excluding carboxylic acids is 4. The van der Waals surface area contributed by atoms with Crippen molar-refractivity contribution in [1.29, 1.82) is 0 Å². The maximum Gasteiger partial charge on any atom is 0.415 e. The quantitative estimate of drug-likeness (QED) is 0.211. The Morgan fingerprint density at radius 3 is 2.18 bits per heavy atom. The number of benzene rings is 3. The summed E-state index contributed by atoms with van der Waals surface area (Å²) in [6.07, 6.45) is -0.638. The van der Waals surface area contributed by atoms with E-state index in [4.69, 9.17) is 27.9 Å². The number of pyridine rings is 1. The van der Waals surface area contributed by atoms with Crippen LogP contribution < -0.4 is 9.80 Å². The Labute approximate surface area is 264 Å². The van der Waals surface area contributed by atoms with Gasteiger partial charge in [-0.15, -0.1) is 0 Å². The number of nitrogens with zero attached hydrogens (tertiary/aromatic N) is 4. The van der Waals surface area contributed by atoms with Gasteiger partial charge < -0.3 is 9.64 Å². The lowest BCUT2D eigenvalue weighted by molar-refractivity contribution is -0.118. The van der Waals surface area contributed by atoms with Crippen LogP contribution in [-0.4, -0.2) is 52.9 Å². The van der Waals surface area contributed by atoms with Crippen molar-refractivity contribution in [2.24, 2.45) is 0 Å². The van der Waals surface area contributed by atoms with Gasteiger partial charge in [-0.3, -0.25) is 29.2 Å². The van der Waals surface area contributed by atoms with Gasteiger partial charge in [0.1, 0.15) is 12.1 Å². The minimum Gasteiger partial charge on any atom is -0.443 e. The molecule has 0 unspecified atom stereocenters. The molecule has 0 saturated carbocycles. The van der Waals surface area contributed by atoms with Crippen molar-refractivity contribution in [1.82, 2.24) is 9.88 Å². The molecule has 1 aliphatic rings. The van der Waals surface area contributed by atoms with Crippen molar-refractivity contribution in [2.45, 2.75) is 39.8 Å². The molecule has 0 saturated heterocycles. The molecule has 11 heteroatoms. The first kappa shape index (κ1) is 31.0. The smallest absolute Gasteiger partial charge is 0.415 e. The second-order valence-electron chi connectivity index (χ2n) is 11.4. The van der Waals surface area contributed by atoms with E-state index in [0.717, 1.165) is 16.0 Å². The maximum atomic E-state index is 13.6. The van der Waals surface area contributed by atoms with Gasteiger partial charge in [-0.2, -0.15) is 0 Å². The number of aromatic nitrogens is 1. The fourth-order valence-electron chi connectivity index (χ4n) is 4.92. The molecule has 0 atom stereocenters. The summed E-state index contributed by atoms with van der Waals surface area (Å²) in [4.78, 5) is 61.0. The maximum absolute atomic E-state index is 13.6. The minimum atomic E-state index is -0.796. The molecule has 44 heavy (non-hydrogen) atoms. The summed E-state index contributed by atoms with van der Waals surface area (Å²) in [6, 6.07) is 18.8. The summed E-state index contributed by atoms with van der Waals surface area (Å²) < 4.78 is 5.76. The molecule has 3 aromatic carbocycles. The molecule has 0 spiro atoms. The van der Waals surface area contributed by atoms with E-state index in [1.165, 1.54) is 16.8 Å². The number of carbonyl (C=O) groups is 4. The summed E-state index contributed by atoms with van der Waals surface area (Å²) in [5.74, 6) is -1.63. The number of likely N-dealkylation sites (N-methyl/N-ethyl adjacent to an activating group) is 1. The van der Waals surface area contributed by atoms with E-state index in [0.29, 0.717) is 16.8 Å². The first-order valence-electron chi connectivity index (χ1n) is 13.8. The van der Waals surface area contributed by atoms with Crippen molar-refractivity contribution >= 4 is 69.3 Å². The molecule has 5 rings (SSSR count). The number of amides is 4. The van der Waals surface area contributed by atoms with Crippen molar-refractivity contribution in [3.8, 4) is 0 Å². The van der Waals surface area contributed by atoms with Crippen LogP contribution in [0.5, 0.6) is 0 Å². The van der Waals surface area contributed by atoms with Crippen molar-refractivity contribution in [3.63, 3.8) is 0 Å². The Morgan fingerprint density at radius 2 is 1.55 bits per heavy atom. The minimum absolute atomic E-state index is 0.102. The molecule has 1 aliphatic heterocycles. The monoisotopic (exact) mass is 632 g/mol. The van der Waals surface area contributed by atoms with Gasteiger partial charge in [0.2, 0.25) is 5.91 Å². The topological polar surface area (TPSA) is 100 Å². The largest absolute Gasteiger partial charge is 0.443 e. The molecule has 226 valence electrons. The first-order chi connectivity index (χ1) is 20.8. The predicted octanol–water partition coefficient (Wildman–Crippen LogP) is 7.05. The van der Waals surface area contributed by atoms with Crippen LogP contribution in [0.3, 0.4) is 0 Å². The lowest BCUT2D eigenvalue weighted by Crippen LogP contribution is -2.41.